The van der Waals surface area contributed by atoms with Gasteiger partial charge in [0.15, 0.2) is 0 Å². The number of methoxy groups -OCH3 is 1. The number of carbonyl (C=O) groups is 1. The third-order valence-corrected chi connectivity index (χ3v) is 3.53. The molecule has 1 aromatic rings. The van der Waals surface area contributed by atoms with Crippen molar-refractivity contribution in [2.24, 2.45) is 5.92 Å². The highest BCUT2D eigenvalue weighted by molar-refractivity contribution is 5.95. The predicted octanol–water partition coefficient (Wildman–Crippen LogP) is 1.57. The summed E-state index contributed by atoms with van der Waals surface area (Å²) in [6, 6.07) is 5.45. The SMILES string of the molecule is CCC1CC1NC(=O)c1ccc(OC)c(C#CCO)c1. The van der Waals surface area contributed by atoms with Crippen molar-refractivity contribution in [1.29, 1.82) is 0 Å². The number of hydrogen-bond acceptors (Lipinski definition) is 3. The predicted molar refractivity (Wildman–Crippen MR) is 76.6 cm³/mol. The fraction of sp³-hybridized carbons (Fsp3) is 0.438. The van der Waals surface area contributed by atoms with Gasteiger partial charge in [-0.15, -0.1) is 0 Å². The van der Waals surface area contributed by atoms with E-state index in [0.29, 0.717) is 28.8 Å². The minimum atomic E-state index is -0.222. The lowest BCUT2D eigenvalue weighted by Gasteiger charge is -2.07. The summed E-state index contributed by atoms with van der Waals surface area (Å²) in [5.41, 5.74) is 1.17. The number of aliphatic hydroxyl groups is 1. The Morgan fingerprint density at radius 3 is 2.95 bits per heavy atom. The van der Waals surface area contributed by atoms with E-state index < -0.39 is 0 Å². The van der Waals surface area contributed by atoms with E-state index in [-0.39, 0.29) is 12.5 Å². The van der Waals surface area contributed by atoms with E-state index in [2.05, 4.69) is 24.1 Å². The number of amides is 1. The molecule has 4 nitrogen and oxygen atoms in total. The third-order valence-electron chi connectivity index (χ3n) is 3.53. The molecule has 0 saturated heterocycles. The second-order valence-corrected chi connectivity index (χ2v) is 4.86. The van der Waals surface area contributed by atoms with E-state index in [1.807, 2.05) is 0 Å². The van der Waals surface area contributed by atoms with Gasteiger partial charge in [0.25, 0.3) is 5.91 Å². The highest BCUT2D eigenvalue weighted by atomic mass is 16.5. The first-order valence-corrected chi connectivity index (χ1v) is 6.78. The first kappa shape index (κ1) is 14.4. The summed E-state index contributed by atoms with van der Waals surface area (Å²) in [6.07, 6.45) is 2.16. The quantitative estimate of drug-likeness (QED) is 0.819. The van der Waals surface area contributed by atoms with Crippen molar-refractivity contribution < 1.29 is 14.6 Å². The van der Waals surface area contributed by atoms with E-state index in [4.69, 9.17) is 9.84 Å². The molecule has 106 valence electrons. The Hall–Kier alpha value is -1.99. The Bertz CT molecular complexity index is 557. The van der Waals surface area contributed by atoms with Gasteiger partial charge in [-0.3, -0.25) is 4.79 Å². The summed E-state index contributed by atoms with van der Waals surface area (Å²) in [4.78, 5) is 12.1. The Balaban J connectivity index is 2.13. The molecule has 1 aliphatic carbocycles. The van der Waals surface area contributed by atoms with Crippen LogP contribution in [0.3, 0.4) is 0 Å². The zero-order valence-corrected chi connectivity index (χ0v) is 11.8. The highest BCUT2D eigenvalue weighted by Crippen LogP contribution is 2.33. The molecule has 2 unspecified atom stereocenters. The molecule has 0 aromatic heterocycles. The summed E-state index contributed by atoms with van der Waals surface area (Å²) < 4.78 is 5.19. The monoisotopic (exact) mass is 273 g/mol. The van der Waals surface area contributed by atoms with Crippen molar-refractivity contribution >= 4 is 5.91 Å². The van der Waals surface area contributed by atoms with E-state index in [9.17, 15) is 4.79 Å². The number of carbonyl (C=O) groups excluding carboxylic acids is 1. The van der Waals surface area contributed by atoms with Gasteiger partial charge in [0.05, 0.1) is 12.7 Å². The van der Waals surface area contributed by atoms with Crippen molar-refractivity contribution in [1.82, 2.24) is 5.32 Å². The van der Waals surface area contributed by atoms with Crippen molar-refractivity contribution in [2.75, 3.05) is 13.7 Å². The van der Waals surface area contributed by atoms with Gasteiger partial charge in [-0.2, -0.15) is 0 Å². The van der Waals surface area contributed by atoms with Crippen LogP contribution in [-0.4, -0.2) is 30.8 Å². The Morgan fingerprint density at radius 2 is 2.35 bits per heavy atom. The number of benzene rings is 1. The molecule has 20 heavy (non-hydrogen) atoms. The topological polar surface area (TPSA) is 58.6 Å². The van der Waals surface area contributed by atoms with Crippen molar-refractivity contribution in [3.05, 3.63) is 29.3 Å². The Morgan fingerprint density at radius 1 is 1.55 bits per heavy atom. The zero-order chi connectivity index (χ0) is 14.5. The van der Waals surface area contributed by atoms with E-state index >= 15 is 0 Å². The molecule has 0 bridgehead atoms. The van der Waals surface area contributed by atoms with Crippen LogP contribution in [0.5, 0.6) is 5.75 Å². The summed E-state index contributed by atoms with van der Waals surface area (Å²) >= 11 is 0. The lowest BCUT2D eigenvalue weighted by Crippen LogP contribution is -2.26. The average Bonchev–Trinajstić information content (AvgIpc) is 3.22. The molecular formula is C16H19NO3. The number of aliphatic hydroxyl groups excluding tert-OH is 1. The van der Waals surface area contributed by atoms with Crippen LogP contribution in [0.2, 0.25) is 0 Å². The van der Waals surface area contributed by atoms with Gasteiger partial charge in [-0.1, -0.05) is 25.2 Å². The molecule has 4 heteroatoms. The minimum absolute atomic E-state index is 0.0827. The average molecular weight is 273 g/mol. The van der Waals surface area contributed by atoms with Crippen molar-refractivity contribution in [2.45, 2.75) is 25.8 Å². The maximum atomic E-state index is 12.1. The molecule has 2 atom stereocenters. The maximum absolute atomic E-state index is 12.1. The summed E-state index contributed by atoms with van der Waals surface area (Å²) in [5, 5.41) is 11.8. The standard InChI is InChI=1S/C16H19NO3/c1-3-11-10-14(11)17-16(19)13-6-7-15(20-2)12(9-13)5-4-8-18/h6-7,9,11,14,18H,3,8,10H2,1-2H3,(H,17,19). The Kier molecular flexibility index (Phi) is 4.65. The molecule has 1 saturated carbocycles. The number of rotatable bonds is 4. The molecule has 1 amide bonds. The van der Waals surface area contributed by atoms with Crippen LogP contribution >= 0.6 is 0 Å². The molecule has 2 rings (SSSR count). The largest absolute Gasteiger partial charge is 0.495 e. The van der Waals surface area contributed by atoms with Gasteiger partial charge in [0, 0.05) is 11.6 Å². The van der Waals surface area contributed by atoms with Gasteiger partial charge in [-0.25, -0.2) is 0 Å². The normalized spacial score (nSPS) is 19.8. The van der Waals surface area contributed by atoms with E-state index in [1.54, 1.807) is 25.3 Å². The fourth-order valence-electron chi connectivity index (χ4n) is 2.21. The van der Waals surface area contributed by atoms with Crippen LogP contribution in [0.4, 0.5) is 0 Å². The number of ether oxygens (including phenoxy) is 1. The smallest absolute Gasteiger partial charge is 0.251 e. The number of hydrogen-bond donors (Lipinski definition) is 2. The Labute approximate surface area is 119 Å². The second kappa shape index (κ2) is 6.44. The second-order valence-electron chi connectivity index (χ2n) is 4.86. The van der Waals surface area contributed by atoms with Gasteiger partial charge in [-0.05, 0) is 30.5 Å². The molecule has 0 aliphatic heterocycles. The van der Waals surface area contributed by atoms with Crippen LogP contribution in [0.15, 0.2) is 18.2 Å². The fourth-order valence-corrected chi connectivity index (χ4v) is 2.21. The summed E-state index contributed by atoms with van der Waals surface area (Å²) in [7, 11) is 1.55. The van der Waals surface area contributed by atoms with Gasteiger partial charge < -0.3 is 15.2 Å². The van der Waals surface area contributed by atoms with Gasteiger partial charge in [0.1, 0.15) is 12.4 Å². The molecule has 1 fully saturated rings. The first-order chi connectivity index (χ1) is 9.69. The molecule has 1 aromatic carbocycles. The molecule has 0 heterocycles. The van der Waals surface area contributed by atoms with Crippen LogP contribution < -0.4 is 10.1 Å². The molecule has 0 radical (unpaired) electrons. The number of nitrogens with one attached hydrogen (secondary N) is 1. The molecule has 1 aliphatic rings. The molecule has 0 spiro atoms. The van der Waals surface area contributed by atoms with Crippen LogP contribution in [0.25, 0.3) is 0 Å². The van der Waals surface area contributed by atoms with Crippen molar-refractivity contribution in [3.63, 3.8) is 0 Å². The lowest BCUT2D eigenvalue weighted by atomic mass is 10.1. The summed E-state index contributed by atoms with van der Waals surface area (Å²) in [6.45, 7) is 1.91. The maximum Gasteiger partial charge on any atom is 0.251 e. The van der Waals surface area contributed by atoms with Crippen LogP contribution in [0.1, 0.15) is 35.7 Å². The first-order valence-electron chi connectivity index (χ1n) is 6.78. The van der Waals surface area contributed by atoms with E-state index in [0.717, 1.165) is 12.8 Å². The highest BCUT2D eigenvalue weighted by Gasteiger charge is 2.36. The summed E-state index contributed by atoms with van der Waals surface area (Å²) in [5.74, 6) is 6.49. The van der Waals surface area contributed by atoms with Gasteiger partial charge >= 0.3 is 0 Å². The lowest BCUT2D eigenvalue weighted by molar-refractivity contribution is 0.0949. The van der Waals surface area contributed by atoms with Crippen LogP contribution in [0, 0.1) is 17.8 Å². The minimum Gasteiger partial charge on any atom is -0.495 e. The molecule has 2 N–H and O–H groups in total. The van der Waals surface area contributed by atoms with E-state index in [1.165, 1.54) is 0 Å². The third kappa shape index (κ3) is 3.31. The zero-order valence-electron chi connectivity index (χ0n) is 11.8. The van der Waals surface area contributed by atoms with Gasteiger partial charge in [0.2, 0.25) is 0 Å². The van der Waals surface area contributed by atoms with Crippen molar-refractivity contribution in [3.8, 4) is 17.6 Å². The molecular weight excluding hydrogens is 254 g/mol. The van der Waals surface area contributed by atoms with Crippen LogP contribution in [-0.2, 0) is 0 Å².